The van der Waals surface area contributed by atoms with Crippen molar-refractivity contribution in [3.05, 3.63) is 52.7 Å². The van der Waals surface area contributed by atoms with Crippen molar-refractivity contribution in [1.29, 1.82) is 5.26 Å². The van der Waals surface area contributed by atoms with Gasteiger partial charge in [0.05, 0.1) is 18.9 Å². The topological polar surface area (TPSA) is 130 Å². The van der Waals surface area contributed by atoms with E-state index in [9.17, 15) is 10.1 Å². The molecule has 1 aromatic carbocycles. The molecule has 0 saturated heterocycles. The fourth-order valence-electron chi connectivity index (χ4n) is 2.89. The predicted molar refractivity (Wildman–Crippen MR) is 116 cm³/mol. The number of aryl methyl sites for hydroxylation is 2. The largest absolute Gasteiger partial charge is 0.465 e. The zero-order valence-electron chi connectivity index (χ0n) is 17.9. The van der Waals surface area contributed by atoms with Gasteiger partial charge in [-0.1, -0.05) is 17.7 Å². The monoisotopic (exact) mass is 418 g/mol. The Kier molecular flexibility index (Phi) is 6.26. The van der Waals surface area contributed by atoms with Crippen molar-refractivity contribution in [2.75, 3.05) is 24.8 Å². The van der Waals surface area contributed by atoms with E-state index in [1.165, 1.54) is 18.0 Å². The maximum Gasteiger partial charge on any atom is 0.343 e. The SMILES string of the molecule is CNc1nc(Nc2ccc(C)cc2)c(C#N)c(C)c1/N=N/c1c(C(=O)OC)cnn1C. The molecule has 0 aliphatic rings. The third kappa shape index (κ3) is 4.35. The van der Waals surface area contributed by atoms with E-state index in [1.54, 1.807) is 21.0 Å². The molecule has 2 heterocycles. The summed E-state index contributed by atoms with van der Waals surface area (Å²) in [6, 6.07) is 9.95. The van der Waals surface area contributed by atoms with Crippen LogP contribution in [0.4, 0.5) is 28.8 Å². The van der Waals surface area contributed by atoms with Crippen molar-refractivity contribution in [2.24, 2.45) is 17.3 Å². The lowest BCUT2D eigenvalue weighted by Gasteiger charge is -2.14. The molecule has 3 aromatic rings. The highest BCUT2D eigenvalue weighted by molar-refractivity contribution is 5.93. The van der Waals surface area contributed by atoms with Gasteiger partial charge in [0.15, 0.2) is 17.5 Å². The zero-order valence-corrected chi connectivity index (χ0v) is 17.9. The number of anilines is 3. The van der Waals surface area contributed by atoms with Gasteiger partial charge in [0.25, 0.3) is 0 Å². The van der Waals surface area contributed by atoms with Crippen molar-refractivity contribution in [3.8, 4) is 6.07 Å². The number of carbonyl (C=O) groups is 1. The van der Waals surface area contributed by atoms with Gasteiger partial charge in [-0.15, -0.1) is 10.2 Å². The molecule has 0 atom stereocenters. The lowest BCUT2D eigenvalue weighted by atomic mass is 10.1. The minimum absolute atomic E-state index is 0.184. The summed E-state index contributed by atoms with van der Waals surface area (Å²) in [5.74, 6) is 0.495. The van der Waals surface area contributed by atoms with E-state index in [0.29, 0.717) is 28.5 Å². The highest BCUT2D eigenvalue weighted by atomic mass is 16.5. The fourth-order valence-corrected chi connectivity index (χ4v) is 2.89. The highest BCUT2D eigenvalue weighted by Crippen LogP contribution is 2.35. The van der Waals surface area contributed by atoms with E-state index in [2.05, 4.69) is 37.0 Å². The van der Waals surface area contributed by atoms with Crippen LogP contribution in [-0.2, 0) is 11.8 Å². The average molecular weight is 418 g/mol. The van der Waals surface area contributed by atoms with Gasteiger partial charge in [0.1, 0.15) is 17.3 Å². The average Bonchev–Trinajstić information content (AvgIpc) is 3.14. The molecule has 0 spiro atoms. The number of methoxy groups -OCH3 is 1. The van der Waals surface area contributed by atoms with Crippen LogP contribution < -0.4 is 10.6 Å². The smallest absolute Gasteiger partial charge is 0.343 e. The summed E-state index contributed by atoms with van der Waals surface area (Å²) in [5.41, 5.74) is 3.43. The van der Waals surface area contributed by atoms with E-state index < -0.39 is 5.97 Å². The molecule has 0 radical (unpaired) electrons. The Labute approximate surface area is 179 Å². The Balaban J connectivity index is 2.05. The third-order valence-electron chi connectivity index (χ3n) is 4.64. The number of carbonyl (C=O) groups excluding carboxylic acids is 1. The van der Waals surface area contributed by atoms with Crippen LogP contribution in [-0.4, -0.2) is 34.9 Å². The molecular formula is C21H22N8O2. The first-order valence-corrected chi connectivity index (χ1v) is 9.37. The Morgan fingerprint density at radius 3 is 2.52 bits per heavy atom. The Hall–Kier alpha value is -4.26. The lowest BCUT2D eigenvalue weighted by Crippen LogP contribution is -2.04. The molecule has 0 aliphatic carbocycles. The number of nitrogens with one attached hydrogen (secondary N) is 2. The van der Waals surface area contributed by atoms with Crippen LogP contribution in [0.25, 0.3) is 0 Å². The number of hydrogen-bond donors (Lipinski definition) is 2. The zero-order chi connectivity index (χ0) is 22.5. The van der Waals surface area contributed by atoms with Gasteiger partial charge >= 0.3 is 5.97 Å². The summed E-state index contributed by atoms with van der Waals surface area (Å²) in [7, 11) is 4.62. The summed E-state index contributed by atoms with van der Waals surface area (Å²) < 4.78 is 6.17. The minimum Gasteiger partial charge on any atom is -0.465 e. The van der Waals surface area contributed by atoms with E-state index in [4.69, 9.17) is 4.74 Å². The Bertz CT molecular complexity index is 1190. The molecule has 3 rings (SSSR count). The van der Waals surface area contributed by atoms with Gasteiger partial charge in [-0.2, -0.15) is 10.4 Å². The first-order chi connectivity index (χ1) is 14.9. The molecule has 0 bridgehead atoms. The molecule has 0 fully saturated rings. The normalized spacial score (nSPS) is 10.7. The standard InChI is InChI=1S/C21H22N8O2/c1-12-6-8-14(9-7-12)25-18-15(10-22)13(2)17(19(23-3)26-18)27-28-20-16(21(30)31-5)11-24-29(20)4/h6-9,11H,1-5H3,(H2,23,25,26)/b28-27+. The summed E-state index contributed by atoms with van der Waals surface area (Å²) in [5, 5.41) is 28.4. The van der Waals surface area contributed by atoms with Crippen LogP contribution in [0.15, 0.2) is 40.7 Å². The molecule has 0 saturated carbocycles. The van der Waals surface area contributed by atoms with Crippen LogP contribution in [0.1, 0.15) is 27.0 Å². The number of benzene rings is 1. The number of esters is 1. The Morgan fingerprint density at radius 2 is 1.90 bits per heavy atom. The molecule has 0 amide bonds. The van der Waals surface area contributed by atoms with E-state index >= 15 is 0 Å². The van der Waals surface area contributed by atoms with Gasteiger partial charge in [0.2, 0.25) is 0 Å². The molecule has 0 aliphatic heterocycles. The van der Waals surface area contributed by atoms with Gasteiger partial charge in [-0.05, 0) is 26.0 Å². The number of nitrogens with zero attached hydrogens (tertiary/aromatic N) is 6. The summed E-state index contributed by atoms with van der Waals surface area (Å²) >= 11 is 0. The summed E-state index contributed by atoms with van der Waals surface area (Å²) in [6.07, 6.45) is 1.36. The molecule has 0 unspecified atom stereocenters. The molecule has 10 nitrogen and oxygen atoms in total. The minimum atomic E-state index is -0.568. The molecule has 2 N–H and O–H groups in total. The van der Waals surface area contributed by atoms with Crippen molar-refractivity contribution < 1.29 is 9.53 Å². The van der Waals surface area contributed by atoms with Crippen LogP contribution in [0, 0.1) is 25.2 Å². The van der Waals surface area contributed by atoms with Gasteiger partial charge < -0.3 is 15.4 Å². The number of hydrogen-bond acceptors (Lipinski definition) is 9. The fraction of sp³-hybridized carbons (Fsp3) is 0.238. The summed E-state index contributed by atoms with van der Waals surface area (Å²) in [6.45, 7) is 3.76. The number of pyridine rings is 1. The second-order valence-corrected chi connectivity index (χ2v) is 6.71. The Morgan fingerprint density at radius 1 is 1.19 bits per heavy atom. The number of ether oxygens (including phenoxy) is 1. The maximum absolute atomic E-state index is 11.9. The van der Waals surface area contributed by atoms with Gasteiger partial charge in [0, 0.05) is 25.3 Å². The number of azo groups is 1. The van der Waals surface area contributed by atoms with Crippen molar-refractivity contribution in [1.82, 2.24) is 14.8 Å². The second-order valence-electron chi connectivity index (χ2n) is 6.71. The van der Waals surface area contributed by atoms with Crippen molar-refractivity contribution in [3.63, 3.8) is 0 Å². The first kappa shape index (κ1) is 21.4. The maximum atomic E-state index is 11.9. The second kappa shape index (κ2) is 9.04. The number of aromatic nitrogens is 3. The quantitative estimate of drug-likeness (QED) is 0.451. The highest BCUT2D eigenvalue weighted by Gasteiger charge is 2.19. The van der Waals surface area contributed by atoms with E-state index in [-0.39, 0.29) is 11.4 Å². The van der Waals surface area contributed by atoms with Crippen LogP contribution in [0.5, 0.6) is 0 Å². The van der Waals surface area contributed by atoms with Crippen LogP contribution >= 0.6 is 0 Å². The third-order valence-corrected chi connectivity index (χ3v) is 4.64. The van der Waals surface area contributed by atoms with Crippen molar-refractivity contribution >= 4 is 34.8 Å². The van der Waals surface area contributed by atoms with Crippen LogP contribution in [0.2, 0.25) is 0 Å². The van der Waals surface area contributed by atoms with Gasteiger partial charge in [-0.3, -0.25) is 0 Å². The summed E-state index contributed by atoms with van der Waals surface area (Å²) in [4.78, 5) is 16.5. The number of rotatable bonds is 6. The predicted octanol–water partition coefficient (Wildman–Crippen LogP) is 4.29. The first-order valence-electron chi connectivity index (χ1n) is 9.37. The molecule has 2 aromatic heterocycles. The van der Waals surface area contributed by atoms with Crippen molar-refractivity contribution in [2.45, 2.75) is 13.8 Å². The number of nitriles is 1. The molecule has 10 heteroatoms. The van der Waals surface area contributed by atoms with Gasteiger partial charge in [-0.25, -0.2) is 14.5 Å². The van der Waals surface area contributed by atoms with E-state index in [1.807, 2.05) is 31.2 Å². The lowest BCUT2D eigenvalue weighted by molar-refractivity contribution is 0.0601. The molecular weight excluding hydrogens is 396 g/mol. The van der Waals surface area contributed by atoms with E-state index in [0.717, 1.165) is 11.3 Å². The molecule has 31 heavy (non-hydrogen) atoms. The molecule has 158 valence electrons. The van der Waals surface area contributed by atoms with Crippen LogP contribution in [0.3, 0.4) is 0 Å².